The number of esters is 1. The second kappa shape index (κ2) is 7.04. The highest BCUT2D eigenvalue weighted by Crippen LogP contribution is 2.21. The molecule has 0 spiro atoms. The second-order valence-electron chi connectivity index (χ2n) is 4.99. The third kappa shape index (κ3) is 3.56. The van der Waals surface area contributed by atoms with E-state index in [2.05, 4.69) is 30.1 Å². The van der Waals surface area contributed by atoms with Crippen molar-refractivity contribution in [1.82, 2.24) is 4.98 Å². The molecular weight excluding hydrogens is 250 g/mol. The molecule has 0 aliphatic carbocycles. The van der Waals surface area contributed by atoms with E-state index >= 15 is 0 Å². The van der Waals surface area contributed by atoms with Crippen LogP contribution in [-0.2, 0) is 22.4 Å². The van der Waals surface area contributed by atoms with Gasteiger partial charge in [-0.3, -0.25) is 9.78 Å². The summed E-state index contributed by atoms with van der Waals surface area (Å²) in [5.74, 6) is -0.189. The molecule has 0 saturated heterocycles. The lowest BCUT2D eigenvalue weighted by Crippen LogP contribution is -2.03. The maximum Gasteiger partial charge on any atom is 0.305 e. The zero-order chi connectivity index (χ0) is 14.4. The van der Waals surface area contributed by atoms with Crippen LogP contribution in [0, 0.1) is 0 Å². The first kappa shape index (κ1) is 14.5. The standard InChI is InChI=1S/C17H21NO2/c1-3-4-5-13-6-7-14-10-11-18-16(15(14)12-13)8-9-17(19)20-2/h6-7,10-12H,3-5,8-9H2,1-2H3. The molecular formula is C17H21NO2. The quantitative estimate of drug-likeness (QED) is 0.752. The zero-order valence-electron chi connectivity index (χ0n) is 12.2. The number of carbonyl (C=O) groups excluding carboxylic acids is 1. The van der Waals surface area contributed by atoms with Crippen LogP contribution in [0.4, 0.5) is 0 Å². The number of ether oxygens (including phenoxy) is 1. The summed E-state index contributed by atoms with van der Waals surface area (Å²) in [5, 5.41) is 2.34. The number of aromatic nitrogens is 1. The number of hydrogen-bond donors (Lipinski definition) is 0. The third-order valence-electron chi connectivity index (χ3n) is 3.53. The van der Waals surface area contributed by atoms with Crippen LogP contribution in [0.1, 0.15) is 37.4 Å². The van der Waals surface area contributed by atoms with Gasteiger partial charge in [0.2, 0.25) is 0 Å². The molecule has 0 unspecified atom stereocenters. The number of nitrogens with zero attached hydrogens (tertiary/aromatic N) is 1. The molecule has 106 valence electrons. The van der Waals surface area contributed by atoms with Gasteiger partial charge >= 0.3 is 5.97 Å². The molecule has 0 atom stereocenters. The molecule has 1 heterocycles. The molecule has 0 N–H and O–H groups in total. The summed E-state index contributed by atoms with van der Waals surface area (Å²) in [4.78, 5) is 15.7. The van der Waals surface area contributed by atoms with Crippen LogP contribution in [0.3, 0.4) is 0 Å². The highest BCUT2D eigenvalue weighted by Gasteiger charge is 2.07. The van der Waals surface area contributed by atoms with Gasteiger partial charge in [-0.25, -0.2) is 0 Å². The number of carbonyl (C=O) groups is 1. The van der Waals surface area contributed by atoms with E-state index in [0.29, 0.717) is 12.8 Å². The van der Waals surface area contributed by atoms with Crippen molar-refractivity contribution in [1.29, 1.82) is 0 Å². The molecule has 0 aliphatic rings. The highest BCUT2D eigenvalue weighted by molar-refractivity contribution is 5.85. The fourth-order valence-electron chi connectivity index (χ4n) is 2.33. The lowest BCUT2D eigenvalue weighted by molar-refractivity contribution is -0.140. The lowest BCUT2D eigenvalue weighted by Gasteiger charge is -2.07. The molecule has 0 amide bonds. The number of aryl methyl sites for hydroxylation is 2. The number of unbranched alkanes of at least 4 members (excludes halogenated alkanes) is 1. The molecule has 0 aliphatic heterocycles. The van der Waals surface area contributed by atoms with Crippen LogP contribution in [0.15, 0.2) is 30.5 Å². The number of hydrogen-bond acceptors (Lipinski definition) is 3. The first-order valence-corrected chi connectivity index (χ1v) is 7.18. The van der Waals surface area contributed by atoms with Crippen LogP contribution in [-0.4, -0.2) is 18.1 Å². The van der Waals surface area contributed by atoms with Crippen molar-refractivity contribution in [3.8, 4) is 0 Å². The fourth-order valence-corrected chi connectivity index (χ4v) is 2.33. The van der Waals surface area contributed by atoms with Crippen molar-refractivity contribution in [2.24, 2.45) is 0 Å². The Bertz CT molecular complexity index is 593. The number of pyridine rings is 1. The predicted octanol–water partition coefficient (Wildman–Crippen LogP) is 3.68. The summed E-state index contributed by atoms with van der Waals surface area (Å²) in [5.41, 5.74) is 2.32. The van der Waals surface area contributed by atoms with Crippen molar-refractivity contribution in [2.45, 2.75) is 39.0 Å². The van der Waals surface area contributed by atoms with E-state index in [4.69, 9.17) is 4.74 Å². The first-order valence-electron chi connectivity index (χ1n) is 7.18. The average molecular weight is 271 g/mol. The Morgan fingerprint density at radius 1 is 1.25 bits per heavy atom. The monoisotopic (exact) mass is 271 g/mol. The van der Waals surface area contributed by atoms with Gasteiger partial charge in [-0.1, -0.05) is 25.5 Å². The van der Waals surface area contributed by atoms with Crippen LogP contribution in [0.25, 0.3) is 10.8 Å². The van der Waals surface area contributed by atoms with Gasteiger partial charge in [0.15, 0.2) is 0 Å². The van der Waals surface area contributed by atoms with Crippen molar-refractivity contribution in [3.63, 3.8) is 0 Å². The number of benzene rings is 1. The third-order valence-corrected chi connectivity index (χ3v) is 3.53. The Kier molecular flexibility index (Phi) is 5.10. The van der Waals surface area contributed by atoms with Gasteiger partial charge in [0.25, 0.3) is 0 Å². The molecule has 0 bridgehead atoms. The van der Waals surface area contributed by atoms with E-state index in [1.807, 2.05) is 6.07 Å². The predicted molar refractivity (Wildman–Crippen MR) is 80.7 cm³/mol. The van der Waals surface area contributed by atoms with Gasteiger partial charge in [0, 0.05) is 23.7 Å². The van der Waals surface area contributed by atoms with Gasteiger partial charge in [0.1, 0.15) is 0 Å². The molecule has 2 aromatic rings. The first-order chi connectivity index (χ1) is 9.74. The van der Waals surface area contributed by atoms with Gasteiger partial charge in [0.05, 0.1) is 13.5 Å². The smallest absolute Gasteiger partial charge is 0.305 e. The summed E-state index contributed by atoms with van der Waals surface area (Å²) in [6, 6.07) is 8.55. The van der Waals surface area contributed by atoms with E-state index in [1.54, 1.807) is 6.20 Å². The normalized spacial score (nSPS) is 10.7. The van der Waals surface area contributed by atoms with E-state index in [1.165, 1.54) is 30.9 Å². The number of methoxy groups -OCH3 is 1. The van der Waals surface area contributed by atoms with E-state index in [0.717, 1.165) is 17.5 Å². The SMILES string of the molecule is CCCCc1ccc2ccnc(CCC(=O)OC)c2c1. The molecule has 1 aromatic heterocycles. The van der Waals surface area contributed by atoms with Crippen LogP contribution >= 0.6 is 0 Å². The molecule has 20 heavy (non-hydrogen) atoms. The summed E-state index contributed by atoms with van der Waals surface area (Å²) in [6.07, 6.45) is 6.30. The van der Waals surface area contributed by atoms with Crippen LogP contribution in [0.2, 0.25) is 0 Å². The topological polar surface area (TPSA) is 39.2 Å². The van der Waals surface area contributed by atoms with Crippen molar-refractivity contribution >= 4 is 16.7 Å². The molecule has 1 aromatic carbocycles. The van der Waals surface area contributed by atoms with Gasteiger partial charge in [-0.15, -0.1) is 0 Å². The minimum absolute atomic E-state index is 0.189. The molecule has 3 heteroatoms. The Morgan fingerprint density at radius 2 is 2.10 bits per heavy atom. The van der Waals surface area contributed by atoms with Crippen LogP contribution < -0.4 is 0 Å². The summed E-state index contributed by atoms with van der Waals surface area (Å²) >= 11 is 0. The lowest BCUT2D eigenvalue weighted by atomic mass is 10.0. The molecule has 3 nitrogen and oxygen atoms in total. The van der Waals surface area contributed by atoms with E-state index < -0.39 is 0 Å². The van der Waals surface area contributed by atoms with E-state index in [-0.39, 0.29) is 5.97 Å². The second-order valence-corrected chi connectivity index (χ2v) is 4.99. The summed E-state index contributed by atoms with van der Waals surface area (Å²) in [6.45, 7) is 2.20. The Labute approximate surface area is 120 Å². The van der Waals surface area contributed by atoms with Crippen LogP contribution in [0.5, 0.6) is 0 Å². The minimum Gasteiger partial charge on any atom is -0.469 e. The van der Waals surface area contributed by atoms with Gasteiger partial charge in [-0.2, -0.15) is 0 Å². The average Bonchev–Trinajstić information content (AvgIpc) is 2.50. The van der Waals surface area contributed by atoms with Gasteiger partial charge in [-0.05, 0) is 35.9 Å². The molecule has 0 fully saturated rings. The molecule has 0 saturated carbocycles. The van der Waals surface area contributed by atoms with Crippen molar-refractivity contribution < 1.29 is 9.53 Å². The van der Waals surface area contributed by atoms with Gasteiger partial charge < -0.3 is 4.74 Å². The fraction of sp³-hybridized carbons (Fsp3) is 0.412. The Morgan fingerprint density at radius 3 is 2.85 bits per heavy atom. The maximum absolute atomic E-state index is 11.3. The number of rotatable bonds is 6. The zero-order valence-corrected chi connectivity index (χ0v) is 12.2. The summed E-state index contributed by atoms with van der Waals surface area (Å²) in [7, 11) is 1.42. The Hall–Kier alpha value is -1.90. The minimum atomic E-state index is -0.189. The summed E-state index contributed by atoms with van der Waals surface area (Å²) < 4.78 is 4.69. The molecule has 2 rings (SSSR count). The van der Waals surface area contributed by atoms with E-state index in [9.17, 15) is 4.79 Å². The van der Waals surface area contributed by atoms with Crippen molar-refractivity contribution in [3.05, 3.63) is 41.7 Å². The highest BCUT2D eigenvalue weighted by atomic mass is 16.5. The number of fused-ring (bicyclic) bond motifs is 1. The van der Waals surface area contributed by atoms with Crippen molar-refractivity contribution in [2.75, 3.05) is 7.11 Å². The molecule has 0 radical (unpaired) electrons. The largest absolute Gasteiger partial charge is 0.469 e. The Balaban J connectivity index is 2.26. The maximum atomic E-state index is 11.3.